The summed E-state index contributed by atoms with van der Waals surface area (Å²) in [6.45, 7) is 2.57. The Balaban J connectivity index is 1.61. The molecule has 3 saturated carbocycles. The van der Waals surface area contributed by atoms with Crippen molar-refractivity contribution in [1.29, 1.82) is 0 Å². The maximum absolute atomic E-state index is 2.57. The summed E-state index contributed by atoms with van der Waals surface area (Å²) in [7, 11) is 0. The molecule has 0 aromatic carbocycles. The van der Waals surface area contributed by atoms with Crippen molar-refractivity contribution in [2.24, 2.45) is 17.8 Å². The zero-order chi connectivity index (χ0) is 19.7. The van der Waals surface area contributed by atoms with Gasteiger partial charge in [-0.1, -0.05) is 148 Å². The summed E-state index contributed by atoms with van der Waals surface area (Å²) in [5.74, 6) is 3.14. The molecule has 0 spiro atoms. The fourth-order valence-electron chi connectivity index (χ4n) is 6.11. The molecule has 0 radical (unpaired) electrons. The summed E-state index contributed by atoms with van der Waals surface area (Å²) in [4.78, 5) is 0. The molecule has 0 saturated heterocycles. The van der Waals surface area contributed by atoms with E-state index in [4.69, 9.17) is 0 Å². The fourth-order valence-corrected chi connectivity index (χ4v) is 6.11. The van der Waals surface area contributed by atoms with Crippen LogP contribution in [0.25, 0.3) is 0 Å². The van der Waals surface area contributed by atoms with E-state index in [0.29, 0.717) is 0 Å². The van der Waals surface area contributed by atoms with E-state index in [1.54, 1.807) is 19.3 Å². The van der Waals surface area contributed by atoms with Gasteiger partial charge in [0.05, 0.1) is 0 Å². The van der Waals surface area contributed by atoms with Gasteiger partial charge in [0.2, 0.25) is 0 Å². The van der Waals surface area contributed by atoms with Crippen molar-refractivity contribution >= 4 is 0 Å². The molecule has 0 nitrogen and oxygen atoms in total. The van der Waals surface area contributed by atoms with Crippen LogP contribution in [-0.4, -0.2) is 0 Å². The van der Waals surface area contributed by atoms with Crippen LogP contribution in [0.15, 0.2) is 0 Å². The molecule has 166 valence electrons. The summed E-state index contributed by atoms with van der Waals surface area (Å²) in [6, 6.07) is 0. The molecular weight excluding hydrogens is 336 g/mol. The Morgan fingerprint density at radius 2 is 0.714 bits per heavy atom. The second-order valence-electron chi connectivity index (χ2n) is 10.7. The molecule has 2 bridgehead atoms. The van der Waals surface area contributed by atoms with Crippen molar-refractivity contribution in [2.45, 2.75) is 161 Å². The summed E-state index contributed by atoms with van der Waals surface area (Å²) < 4.78 is 0. The van der Waals surface area contributed by atoms with Gasteiger partial charge in [-0.25, -0.2) is 0 Å². The second kappa shape index (κ2) is 16.8. The van der Waals surface area contributed by atoms with E-state index < -0.39 is 0 Å². The van der Waals surface area contributed by atoms with Crippen molar-refractivity contribution < 1.29 is 0 Å². The Labute approximate surface area is 179 Å². The lowest BCUT2D eigenvalue weighted by atomic mass is 9.71. The highest BCUT2D eigenvalue weighted by Crippen LogP contribution is 2.38. The Morgan fingerprint density at radius 3 is 1.11 bits per heavy atom. The molecule has 1 unspecified atom stereocenters. The van der Waals surface area contributed by atoms with Crippen LogP contribution in [0.2, 0.25) is 0 Å². The van der Waals surface area contributed by atoms with Gasteiger partial charge in [-0.15, -0.1) is 0 Å². The van der Waals surface area contributed by atoms with E-state index in [1.165, 1.54) is 135 Å². The average molecular weight is 391 g/mol. The van der Waals surface area contributed by atoms with E-state index in [9.17, 15) is 0 Å². The molecule has 3 aliphatic carbocycles. The van der Waals surface area contributed by atoms with Crippen LogP contribution >= 0.6 is 0 Å². The van der Waals surface area contributed by atoms with Crippen molar-refractivity contribution in [1.82, 2.24) is 0 Å². The van der Waals surface area contributed by atoms with Gasteiger partial charge < -0.3 is 0 Å². The van der Waals surface area contributed by atoms with E-state index in [2.05, 4.69) is 6.92 Å². The lowest BCUT2D eigenvalue weighted by Gasteiger charge is -2.34. The largest absolute Gasteiger partial charge is 0.0622 e. The highest BCUT2D eigenvalue weighted by molar-refractivity contribution is 4.78. The normalized spacial score (nSPS) is 32.2. The van der Waals surface area contributed by atoms with E-state index in [0.717, 1.165) is 17.8 Å². The van der Waals surface area contributed by atoms with Gasteiger partial charge in [-0.2, -0.15) is 0 Å². The van der Waals surface area contributed by atoms with Gasteiger partial charge in [0, 0.05) is 0 Å². The van der Waals surface area contributed by atoms with Crippen molar-refractivity contribution in [3.63, 3.8) is 0 Å². The molecule has 3 fully saturated rings. The molecule has 3 atom stereocenters. The number of hydrogen-bond donors (Lipinski definition) is 0. The molecule has 0 aliphatic heterocycles. The summed E-state index contributed by atoms with van der Waals surface area (Å²) in [6.07, 6.45) is 36.3. The van der Waals surface area contributed by atoms with Gasteiger partial charge in [0.15, 0.2) is 0 Å². The van der Waals surface area contributed by atoms with Crippen LogP contribution in [0.1, 0.15) is 161 Å². The monoisotopic (exact) mass is 390 g/mol. The Kier molecular flexibility index (Phi) is 14.5. The molecule has 0 amide bonds. The van der Waals surface area contributed by atoms with Crippen LogP contribution in [0.5, 0.6) is 0 Å². The second-order valence-corrected chi connectivity index (χ2v) is 10.7. The van der Waals surface area contributed by atoms with E-state index >= 15 is 0 Å². The summed E-state index contributed by atoms with van der Waals surface area (Å²) in [5, 5.41) is 0. The minimum absolute atomic E-state index is 1.01. The van der Waals surface area contributed by atoms with Gasteiger partial charge in [0.1, 0.15) is 0 Å². The third kappa shape index (κ3) is 11.9. The third-order valence-corrected chi connectivity index (χ3v) is 8.14. The van der Waals surface area contributed by atoms with Crippen molar-refractivity contribution in [3.8, 4) is 0 Å². The molecule has 28 heavy (non-hydrogen) atoms. The molecular formula is C28H54. The first-order chi connectivity index (χ1) is 13.9. The number of rotatable bonds is 0. The van der Waals surface area contributed by atoms with Crippen LogP contribution < -0.4 is 0 Å². The number of fused-ring (bicyclic) bond motifs is 22. The Hall–Kier alpha value is 0. The molecule has 0 heterocycles. The zero-order valence-corrected chi connectivity index (χ0v) is 19.7. The van der Waals surface area contributed by atoms with E-state index in [1.807, 2.05) is 0 Å². The maximum Gasteiger partial charge on any atom is -0.0388 e. The van der Waals surface area contributed by atoms with Gasteiger partial charge >= 0.3 is 0 Å². The standard InChI is InChI=1S/C28H54/c1-26-25-27-21-19-17-15-13-11-9-7-5-3-2-4-6-8-10-12-14-16-18-20-22-28(26)24-23-27/h26-28H,2-25H2,1H3/t26?,27-,28-/m0/s1. The summed E-state index contributed by atoms with van der Waals surface area (Å²) in [5.41, 5.74) is 0. The Bertz CT molecular complexity index is 329. The predicted octanol–water partition coefficient (Wildman–Crippen LogP) is 10.2. The molecule has 0 heteroatoms. The Morgan fingerprint density at radius 1 is 0.357 bits per heavy atom. The highest BCUT2D eigenvalue weighted by atomic mass is 14.3. The minimum Gasteiger partial charge on any atom is -0.0622 e. The predicted molar refractivity (Wildman–Crippen MR) is 127 cm³/mol. The van der Waals surface area contributed by atoms with Crippen LogP contribution in [0, 0.1) is 17.8 Å². The lowest BCUT2D eigenvalue weighted by molar-refractivity contribution is 0.172. The van der Waals surface area contributed by atoms with Crippen LogP contribution in [0.3, 0.4) is 0 Å². The fraction of sp³-hybridized carbons (Fsp3) is 1.00. The topological polar surface area (TPSA) is 0 Å². The smallest absolute Gasteiger partial charge is 0.0388 e. The van der Waals surface area contributed by atoms with Crippen molar-refractivity contribution in [3.05, 3.63) is 0 Å². The van der Waals surface area contributed by atoms with E-state index in [-0.39, 0.29) is 0 Å². The first kappa shape index (κ1) is 24.3. The summed E-state index contributed by atoms with van der Waals surface area (Å²) >= 11 is 0. The van der Waals surface area contributed by atoms with Gasteiger partial charge in [0.25, 0.3) is 0 Å². The van der Waals surface area contributed by atoms with Crippen molar-refractivity contribution in [2.75, 3.05) is 0 Å². The van der Waals surface area contributed by atoms with Crippen LogP contribution in [0.4, 0.5) is 0 Å². The molecule has 0 aromatic rings. The van der Waals surface area contributed by atoms with Crippen LogP contribution in [-0.2, 0) is 0 Å². The molecule has 3 rings (SSSR count). The zero-order valence-electron chi connectivity index (χ0n) is 19.7. The molecule has 0 N–H and O–H groups in total. The van der Waals surface area contributed by atoms with Gasteiger partial charge in [-0.3, -0.25) is 0 Å². The third-order valence-electron chi connectivity index (χ3n) is 8.14. The first-order valence-corrected chi connectivity index (χ1v) is 13.9. The quantitative estimate of drug-likeness (QED) is 0.386. The minimum atomic E-state index is 1.01. The molecule has 0 aromatic heterocycles. The highest BCUT2D eigenvalue weighted by Gasteiger charge is 2.26. The lowest BCUT2D eigenvalue weighted by Crippen LogP contribution is -2.23. The maximum atomic E-state index is 2.57. The molecule has 3 aliphatic rings. The average Bonchev–Trinajstić information content (AvgIpc) is 2.70. The van der Waals surface area contributed by atoms with Gasteiger partial charge in [-0.05, 0) is 30.6 Å². The number of hydrogen-bond acceptors (Lipinski definition) is 0. The first-order valence-electron chi connectivity index (χ1n) is 13.9. The SMILES string of the molecule is CC1C[C@H]2CCCCCCCCCCCCCCCCCCCCC[C@H]1CC2.